The van der Waals surface area contributed by atoms with Crippen LogP contribution >= 0.6 is 0 Å². The maximum absolute atomic E-state index is 11.9. The monoisotopic (exact) mass is 274 g/mol. The van der Waals surface area contributed by atoms with Crippen LogP contribution in [-0.2, 0) is 9.47 Å². The molecule has 0 amide bonds. The summed E-state index contributed by atoms with van der Waals surface area (Å²) in [5.74, 6) is -0.247. The Balaban J connectivity index is 2.38. The van der Waals surface area contributed by atoms with Gasteiger partial charge < -0.3 is 9.47 Å². The number of nitrogens with zero attached hydrogens (tertiary/aromatic N) is 2. The fourth-order valence-corrected chi connectivity index (χ4v) is 2.17. The molecule has 1 aromatic rings. The normalized spacial score (nSPS) is 17.0. The molecule has 1 aromatic heterocycles. The fourth-order valence-electron chi connectivity index (χ4n) is 2.17. The van der Waals surface area contributed by atoms with Gasteiger partial charge in [0.05, 0.1) is 0 Å². The molecule has 0 bridgehead atoms. The smallest absolute Gasteiger partial charge is 0.364 e. The zero-order valence-electron chi connectivity index (χ0n) is 11.7. The van der Waals surface area contributed by atoms with Crippen LogP contribution in [-0.4, -0.2) is 21.9 Å². The summed E-state index contributed by atoms with van der Waals surface area (Å²) in [5, 5.41) is 0.675. The molecule has 0 aliphatic carbocycles. The van der Waals surface area contributed by atoms with E-state index >= 15 is 0 Å². The Labute approximate surface area is 115 Å². The largest absolute Gasteiger partial charge is 0.424 e. The van der Waals surface area contributed by atoms with Gasteiger partial charge in [-0.05, 0) is 13.3 Å². The lowest BCUT2D eigenvalue weighted by Gasteiger charge is -2.22. The van der Waals surface area contributed by atoms with E-state index in [9.17, 15) is 9.59 Å². The Hall–Kier alpha value is -2.24. The van der Waals surface area contributed by atoms with Crippen LogP contribution in [0.1, 0.15) is 55.1 Å². The SMILES string of the molecule is CCC(C)(C)C1=c2nc3c(nc2C(=O)O1)=C(C)OC3=O. The first-order valence-corrected chi connectivity index (χ1v) is 6.43. The number of hydrogen-bond donors (Lipinski definition) is 0. The van der Waals surface area contributed by atoms with Gasteiger partial charge >= 0.3 is 11.9 Å². The number of esters is 2. The van der Waals surface area contributed by atoms with E-state index in [0.29, 0.717) is 22.2 Å². The summed E-state index contributed by atoms with van der Waals surface area (Å²) in [6.45, 7) is 7.52. The molecule has 0 saturated heterocycles. The second kappa shape index (κ2) is 3.88. The third-order valence-electron chi connectivity index (χ3n) is 3.77. The molecule has 0 unspecified atom stereocenters. The number of hydrogen-bond acceptors (Lipinski definition) is 6. The maximum atomic E-state index is 11.9. The number of cyclic esters (lactones) is 2. The highest BCUT2D eigenvalue weighted by Gasteiger charge is 2.37. The molecule has 0 aromatic carbocycles. The minimum atomic E-state index is -0.541. The molecule has 3 heterocycles. The highest BCUT2D eigenvalue weighted by molar-refractivity contribution is 5.97. The topological polar surface area (TPSA) is 78.4 Å². The molecule has 6 heteroatoms. The van der Waals surface area contributed by atoms with Crippen LogP contribution in [0, 0.1) is 5.41 Å². The van der Waals surface area contributed by atoms with Crippen molar-refractivity contribution in [1.82, 2.24) is 9.97 Å². The van der Waals surface area contributed by atoms with Crippen molar-refractivity contribution in [3.63, 3.8) is 0 Å². The molecule has 0 radical (unpaired) electrons. The minimum absolute atomic E-state index is 0.143. The third kappa shape index (κ3) is 1.57. The summed E-state index contributed by atoms with van der Waals surface area (Å²) in [5.41, 5.74) is -0.0627. The van der Waals surface area contributed by atoms with Crippen molar-refractivity contribution < 1.29 is 19.1 Å². The molecule has 2 aliphatic heterocycles. The summed E-state index contributed by atoms with van der Waals surface area (Å²) < 4.78 is 10.3. The molecular weight excluding hydrogens is 260 g/mol. The van der Waals surface area contributed by atoms with E-state index in [1.54, 1.807) is 6.92 Å². The van der Waals surface area contributed by atoms with Crippen LogP contribution < -0.4 is 10.7 Å². The van der Waals surface area contributed by atoms with Crippen molar-refractivity contribution in [3.05, 3.63) is 22.1 Å². The van der Waals surface area contributed by atoms with E-state index < -0.39 is 11.9 Å². The molecule has 20 heavy (non-hydrogen) atoms. The van der Waals surface area contributed by atoms with Crippen LogP contribution in [0.25, 0.3) is 11.5 Å². The zero-order valence-corrected chi connectivity index (χ0v) is 11.7. The molecule has 104 valence electrons. The fraction of sp³-hybridized carbons (Fsp3) is 0.429. The van der Waals surface area contributed by atoms with Crippen molar-refractivity contribution in [3.8, 4) is 0 Å². The molecule has 0 spiro atoms. The lowest BCUT2D eigenvalue weighted by Crippen LogP contribution is -2.30. The van der Waals surface area contributed by atoms with Crippen molar-refractivity contribution in [2.75, 3.05) is 0 Å². The lowest BCUT2D eigenvalue weighted by atomic mass is 9.88. The number of rotatable bonds is 2. The number of fused-ring (bicyclic) bond motifs is 2. The average molecular weight is 274 g/mol. The molecule has 2 aliphatic rings. The number of carbonyl (C=O) groups is 2. The van der Waals surface area contributed by atoms with E-state index in [1.165, 1.54) is 0 Å². The summed E-state index contributed by atoms with van der Waals surface area (Å²) in [6.07, 6.45) is 0.767. The maximum Gasteiger partial charge on any atom is 0.364 e. The van der Waals surface area contributed by atoms with Crippen molar-refractivity contribution in [2.45, 2.75) is 34.1 Å². The number of ether oxygens (including phenoxy) is 2. The van der Waals surface area contributed by atoms with Gasteiger partial charge in [0.15, 0.2) is 11.4 Å². The lowest BCUT2D eigenvalue weighted by molar-refractivity contribution is 0.0664. The summed E-state index contributed by atoms with van der Waals surface area (Å²) in [6, 6.07) is 0. The van der Waals surface area contributed by atoms with Crippen molar-refractivity contribution in [2.24, 2.45) is 5.41 Å². The molecule has 0 fully saturated rings. The van der Waals surface area contributed by atoms with Crippen molar-refractivity contribution in [1.29, 1.82) is 0 Å². The van der Waals surface area contributed by atoms with Crippen LogP contribution in [0.2, 0.25) is 0 Å². The highest BCUT2D eigenvalue weighted by Crippen LogP contribution is 2.33. The first-order valence-electron chi connectivity index (χ1n) is 6.43. The summed E-state index contributed by atoms with van der Waals surface area (Å²) in [7, 11) is 0. The standard InChI is InChI=1S/C14H14N2O4/c1-5-14(3,4)11-8-10(13(18)20-11)15-7-6(2)19-12(17)9(7)16-8/h5H2,1-4H3. The number of aromatic nitrogens is 2. The minimum Gasteiger partial charge on any atom is -0.424 e. The van der Waals surface area contributed by atoms with Gasteiger partial charge in [-0.1, -0.05) is 20.8 Å². The Morgan fingerprint density at radius 1 is 1.00 bits per heavy atom. The molecule has 0 saturated carbocycles. The molecule has 6 nitrogen and oxygen atoms in total. The molecule has 0 atom stereocenters. The molecular formula is C14H14N2O4. The molecule has 0 N–H and O–H groups in total. The second-order valence-electron chi connectivity index (χ2n) is 5.52. The van der Waals surface area contributed by atoms with Gasteiger partial charge in [0, 0.05) is 5.41 Å². The molecule has 3 rings (SSSR count). The van der Waals surface area contributed by atoms with E-state index in [2.05, 4.69) is 9.97 Å². The predicted octanol–water partition coefficient (Wildman–Crippen LogP) is 0.490. The van der Waals surface area contributed by atoms with Gasteiger partial charge in [-0.2, -0.15) is 0 Å². The van der Waals surface area contributed by atoms with Gasteiger partial charge in [0.1, 0.15) is 22.2 Å². The predicted molar refractivity (Wildman–Crippen MR) is 68.7 cm³/mol. The first kappa shape index (κ1) is 12.8. The van der Waals surface area contributed by atoms with Gasteiger partial charge in [0.2, 0.25) is 0 Å². The quantitative estimate of drug-likeness (QED) is 0.730. The van der Waals surface area contributed by atoms with E-state index in [0.717, 1.165) is 6.42 Å². The summed E-state index contributed by atoms with van der Waals surface area (Å²) >= 11 is 0. The van der Waals surface area contributed by atoms with Crippen LogP contribution in [0.3, 0.4) is 0 Å². The Bertz CT molecular complexity index is 777. The second-order valence-corrected chi connectivity index (χ2v) is 5.52. The van der Waals surface area contributed by atoms with E-state index in [4.69, 9.17) is 9.47 Å². The van der Waals surface area contributed by atoms with Crippen LogP contribution in [0.4, 0.5) is 0 Å². The van der Waals surface area contributed by atoms with E-state index in [1.807, 2.05) is 20.8 Å². The van der Waals surface area contributed by atoms with Gasteiger partial charge in [-0.3, -0.25) is 0 Å². The number of carbonyl (C=O) groups excluding carboxylic acids is 2. The summed E-state index contributed by atoms with van der Waals surface area (Å²) in [4.78, 5) is 32.1. The first-order chi connectivity index (χ1) is 9.35. The zero-order chi connectivity index (χ0) is 14.7. The Morgan fingerprint density at radius 2 is 1.55 bits per heavy atom. The van der Waals surface area contributed by atoms with Gasteiger partial charge in [0.25, 0.3) is 0 Å². The van der Waals surface area contributed by atoms with Crippen molar-refractivity contribution >= 4 is 23.5 Å². The average Bonchev–Trinajstić information content (AvgIpc) is 2.88. The highest BCUT2D eigenvalue weighted by atomic mass is 16.5. The Kier molecular flexibility index (Phi) is 2.48. The van der Waals surface area contributed by atoms with Gasteiger partial charge in [-0.25, -0.2) is 19.6 Å². The Morgan fingerprint density at radius 3 is 2.20 bits per heavy atom. The van der Waals surface area contributed by atoms with Crippen LogP contribution in [0.5, 0.6) is 0 Å². The van der Waals surface area contributed by atoms with E-state index in [-0.39, 0.29) is 16.8 Å². The van der Waals surface area contributed by atoms with Crippen LogP contribution in [0.15, 0.2) is 0 Å². The third-order valence-corrected chi connectivity index (χ3v) is 3.77. The van der Waals surface area contributed by atoms with Gasteiger partial charge in [-0.15, -0.1) is 0 Å².